The fraction of sp³-hybridized carbons (Fsp3) is 0.786. The molecular weight excluding hydrogens is 260 g/mol. The van der Waals surface area contributed by atoms with Crippen LogP contribution < -0.4 is 5.32 Å². The van der Waals surface area contributed by atoms with Gasteiger partial charge in [0.2, 0.25) is 11.8 Å². The molecule has 6 nitrogen and oxygen atoms in total. The number of amides is 2. The van der Waals surface area contributed by atoms with Gasteiger partial charge in [-0.2, -0.15) is 0 Å². The molecule has 0 bridgehead atoms. The highest BCUT2D eigenvalue weighted by Gasteiger charge is 2.37. The standard InChI is InChI=1S/C14H22N2O4/c17-12(15-10-5-3-1-2-4-6-10)9-16-11(14(19)20)7-8-13(16)18/h10-11H,1-9H2,(H,15,17)(H,19,20). The number of hydrogen-bond donors (Lipinski definition) is 2. The molecule has 0 aromatic carbocycles. The number of nitrogens with zero attached hydrogens (tertiary/aromatic N) is 1. The molecule has 0 spiro atoms. The molecule has 2 aliphatic rings. The van der Waals surface area contributed by atoms with E-state index < -0.39 is 12.0 Å². The Balaban J connectivity index is 1.86. The lowest BCUT2D eigenvalue weighted by molar-refractivity contribution is -0.147. The quantitative estimate of drug-likeness (QED) is 0.750. The molecule has 1 aliphatic carbocycles. The number of carbonyl (C=O) groups excluding carboxylic acids is 2. The van der Waals surface area contributed by atoms with Crippen LogP contribution in [0.5, 0.6) is 0 Å². The van der Waals surface area contributed by atoms with Crippen LogP contribution in [0, 0.1) is 0 Å². The maximum atomic E-state index is 12.0. The first kappa shape index (κ1) is 14.8. The van der Waals surface area contributed by atoms with Crippen LogP contribution in [0.25, 0.3) is 0 Å². The van der Waals surface area contributed by atoms with E-state index in [0.717, 1.165) is 25.7 Å². The molecule has 1 aliphatic heterocycles. The van der Waals surface area contributed by atoms with Gasteiger partial charge in [0.25, 0.3) is 0 Å². The Hall–Kier alpha value is -1.59. The predicted molar refractivity (Wildman–Crippen MR) is 72.0 cm³/mol. The Morgan fingerprint density at radius 2 is 1.80 bits per heavy atom. The fourth-order valence-electron chi connectivity index (χ4n) is 3.04. The number of likely N-dealkylation sites (tertiary alicyclic amines) is 1. The fourth-order valence-corrected chi connectivity index (χ4v) is 3.04. The first-order valence-electron chi connectivity index (χ1n) is 7.39. The summed E-state index contributed by atoms with van der Waals surface area (Å²) in [5.41, 5.74) is 0. The summed E-state index contributed by atoms with van der Waals surface area (Å²) in [6.07, 6.45) is 7.11. The molecule has 1 atom stereocenters. The summed E-state index contributed by atoms with van der Waals surface area (Å²) in [7, 11) is 0. The first-order valence-corrected chi connectivity index (χ1v) is 7.39. The predicted octanol–water partition coefficient (Wildman–Crippen LogP) is 0.901. The van der Waals surface area contributed by atoms with Crippen LogP contribution >= 0.6 is 0 Å². The Kier molecular flexibility index (Phi) is 4.98. The van der Waals surface area contributed by atoms with Gasteiger partial charge in [-0.05, 0) is 19.3 Å². The summed E-state index contributed by atoms with van der Waals surface area (Å²) >= 11 is 0. The zero-order chi connectivity index (χ0) is 14.5. The zero-order valence-corrected chi connectivity index (χ0v) is 11.6. The Morgan fingerprint density at radius 1 is 1.15 bits per heavy atom. The molecule has 0 aromatic heterocycles. The maximum Gasteiger partial charge on any atom is 0.326 e. The smallest absolute Gasteiger partial charge is 0.326 e. The SMILES string of the molecule is O=C(CN1C(=O)CCC1C(=O)O)NC1CCCCCC1. The molecule has 6 heteroatoms. The van der Waals surface area contributed by atoms with Gasteiger partial charge < -0.3 is 15.3 Å². The van der Waals surface area contributed by atoms with E-state index in [9.17, 15) is 14.4 Å². The number of rotatable bonds is 4. The normalized spacial score (nSPS) is 24.5. The van der Waals surface area contributed by atoms with Crippen LogP contribution in [0.15, 0.2) is 0 Å². The minimum Gasteiger partial charge on any atom is -0.480 e. The second-order valence-electron chi connectivity index (χ2n) is 5.67. The molecule has 2 N–H and O–H groups in total. The number of carbonyl (C=O) groups is 3. The van der Waals surface area contributed by atoms with Crippen LogP contribution in [0.4, 0.5) is 0 Å². The van der Waals surface area contributed by atoms with E-state index >= 15 is 0 Å². The Bertz CT molecular complexity index is 389. The van der Waals surface area contributed by atoms with Gasteiger partial charge in [0.15, 0.2) is 0 Å². The van der Waals surface area contributed by atoms with E-state index in [0.29, 0.717) is 6.42 Å². The van der Waals surface area contributed by atoms with Gasteiger partial charge >= 0.3 is 5.97 Å². The van der Waals surface area contributed by atoms with Gasteiger partial charge in [-0.25, -0.2) is 4.79 Å². The molecular formula is C14H22N2O4. The number of aliphatic carboxylic acids is 1. The van der Waals surface area contributed by atoms with Crippen molar-refractivity contribution in [3.8, 4) is 0 Å². The van der Waals surface area contributed by atoms with Crippen LogP contribution in [-0.2, 0) is 14.4 Å². The number of nitrogens with one attached hydrogen (secondary N) is 1. The average Bonchev–Trinajstić information content (AvgIpc) is 2.62. The van der Waals surface area contributed by atoms with Gasteiger partial charge in [0.1, 0.15) is 12.6 Å². The number of carboxylic acids is 1. The number of hydrogen-bond acceptors (Lipinski definition) is 3. The summed E-state index contributed by atoms with van der Waals surface area (Å²) in [6, 6.07) is -0.673. The van der Waals surface area contributed by atoms with Crippen LogP contribution in [0.3, 0.4) is 0 Å². The largest absolute Gasteiger partial charge is 0.480 e. The summed E-state index contributed by atoms with van der Waals surface area (Å²) < 4.78 is 0. The second kappa shape index (κ2) is 6.72. The minimum atomic E-state index is -1.03. The highest BCUT2D eigenvalue weighted by Crippen LogP contribution is 2.19. The van der Waals surface area contributed by atoms with Crippen molar-refractivity contribution >= 4 is 17.8 Å². The topological polar surface area (TPSA) is 86.7 Å². The van der Waals surface area contributed by atoms with E-state index in [4.69, 9.17) is 5.11 Å². The zero-order valence-electron chi connectivity index (χ0n) is 11.6. The van der Waals surface area contributed by atoms with Gasteiger partial charge in [-0.3, -0.25) is 9.59 Å². The Morgan fingerprint density at radius 3 is 2.40 bits per heavy atom. The minimum absolute atomic E-state index is 0.133. The third-order valence-electron chi connectivity index (χ3n) is 4.15. The van der Waals surface area contributed by atoms with E-state index in [-0.39, 0.29) is 30.8 Å². The van der Waals surface area contributed by atoms with E-state index in [1.165, 1.54) is 17.7 Å². The first-order chi connectivity index (χ1) is 9.58. The molecule has 1 unspecified atom stereocenters. The lowest BCUT2D eigenvalue weighted by Crippen LogP contribution is -2.47. The summed E-state index contributed by atoms with van der Waals surface area (Å²) in [6.45, 7) is -0.133. The van der Waals surface area contributed by atoms with Crippen molar-refractivity contribution in [2.45, 2.75) is 63.5 Å². The molecule has 2 amide bonds. The summed E-state index contributed by atoms with van der Waals surface area (Å²) in [4.78, 5) is 35.9. The molecule has 2 rings (SSSR count). The van der Waals surface area contributed by atoms with Crippen molar-refractivity contribution in [1.29, 1.82) is 0 Å². The summed E-state index contributed by atoms with van der Waals surface area (Å²) in [5.74, 6) is -1.51. The molecule has 2 fully saturated rings. The van der Waals surface area contributed by atoms with E-state index in [1.54, 1.807) is 0 Å². The lowest BCUT2D eigenvalue weighted by atomic mass is 10.1. The molecule has 0 aromatic rings. The van der Waals surface area contributed by atoms with Crippen molar-refractivity contribution in [3.63, 3.8) is 0 Å². The van der Waals surface area contributed by atoms with Crippen LogP contribution in [-0.4, -0.2) is 46.4 Å². The molecule has 20 heavy (non-hydrogen) atoms. The monoisotopic (exact) mass is 282 g/mol. The number of carboxylic acid groups (broad SMARTS) is 1. The van der Waals surface area contributed by atoms with Gasteiger partial charge in [0, 0.05) is 12.5 Å². The van der Waals surface area contributed by atoms with Crippen LogP contribution in [0.2, 0.25) is 0 Å². The van der Waals surface area contributed by atoms with Crippen molar-refractivity contribution in [2.75, 3.05) is 6.54 Å². The Labute approximate surface area is 118 Å². The highest BCUT2D eigenvalue weighted by atomic mass is 16.4. The van der Waals surface area contributed by atoms with E-state index in [1.807, 2.05) is 0 Å². The van der Waals surface area contributed by atoms with Crippen molar-refractivity contribution in [3.05, 3.63) is 0 Å². The lowest BCUT2D eigenvalue weighted by Gasteiger charge is -2.23. The summed E-state index contributed by atoms with van der Waals surface area (Å²) in [5, 5.41) is 12.0. The van der Waals surface area contributed by atoms with Gasteiger partial charge in [0.05, 0.1) is 0 Å². The third kappa shape index (κ3) is 3.71. The average molecular weight is 282 g/mol. The molecule has 0 radical (unpaired) electrons. The van der Waals surface area contributed by atoms with Crippen molar-refractivity contribution < 1.29 is 19.5 Å². The maximum absolute atomic E-state index is 12.0. The van der Waals surface area contributed by atoms with E-state index in [2.05, 4.69) is 5.32 Å². The molecule has 1 heterocycles. The van der Waals surface area contributed by atoms with Gasteiger partial charge in [-0.15, -0.1) is 0 Å². The molecule has 112 valence electrons. The van der Waals surface area contributed by atoms with Gasteiger partial charge in [-0.1, -0.05) is 25.7 Å². The molecule has 1 saturated heterocycles. The molecule has 1 saturated carbocycles. The van der Waals surface area contributed by atoms with Crippen LogP contribution in [0.1, 0.15) is 51.4 Å². The third-order valence-corrected chi connectivity index (χ3v) is 4.15. The van der Waals surface area contributed by atoms with Crippen molar-refractivity contribution in [1.82, 2.24) is 10.2 Å². The second-order valence-corrected chi connectivity index (χ2v) is 5.67. The highest BCUT2D eigenvalue weighted by molar-refractivity contribution is 5.91. The van der Waals surface area contributed by atoms with Crippen molar-refractivity contribution in [2.24, 2.45) is 0 Å².